The molecular weight excluding hydrogens is 381 g/mol. The molecule has 1 fully saturated rings. The SMILES string of the molecule is Cc1nn(CC(F)(F)F)c(C)c1[C@@H]1COCCN1C(=O)c1sccc1C#N. The van der Waals surface area contributed by atoms with E-state index < -0.39 is 18.8 Å². The molecule has 0 spiro atoms. The van der Waals surface area contributed by atoms with E-state index in [1.807, 2.05) is 6.07 Å². The number of carbonyl (C=O) groups excluding carboxylic acids is 1. The molecule has 6 nitrogen and oxygen atoms in total. The van der Waals surface area contributed by atoms with Gasteiger partial charge in [0.25, 0.3) is 5.91 Å². The standard InChI is InChI=1S/C17H17F3N4O2S/c1-10-14(11(2)24(22-10)9-17(18,19)20)13-8-26-5-4-23(13)16(25)15-12(7-21)3-6-27-15/h3,6,13H,4-5,8-9H2,1-2H3/t13-/m0/s1. The second kappa shape index (κ2) is 7.32. The van der Waals surface area contributed by atoms with Gasteiger partial charge in [0.05, 0.1) is 30.5 Å². The van der Waals surface area contributed by atoms with Gasteiger partial charge in [-0.1, -0.05) is 0 Å². The summed E-state index contributed by atoms with van der Waals surface area (Å²) in [7, 11) is 0. The molecule has 1 saturated heterocycles. The van der Waals surface area contributed by atoms with Crippen LogP contribution in [0.4, 0.5) is 13.2 Å². The van der Waals surface area contributed by atoms with Gasteiger partial charge in [-0.2, -0.15) is 23.5 Å². The molecule has 0 radical (unpaired) electrons. The number of amides is 1. The minimum Gasteiger partial charge on any atom is -0.377 e. The van der Waals surface area contributed by atoms with Crippen molar-refractivity contribution in [3.8, 4) is 6.07 Å². The number of alkyl halides is 3. The normalized spacial score (nSPS) is 17.8. The van der Waals surface area contributed by atoms with E-state index in [1.54, 1.807) is 30.2 Å². The molecule has 1 amide bonds. The first-order chi connectivity index (χ1) is 12.7. The van der Waals surface area contributed by atoms with Crippen molar-refractivity contribution in [2.24, 2.45) is 0 Å². The van der Waals surface area contributed by atoms with E-state index in [2.05, 4.69) is 5.10 Å². The second-order valence-corrected chi connectivity index (χ2v) is 7.14. The Morgan fingerprint density at radius 1 is 1.48 bits per heavy atom. The summed E-state index contributed by atoms with van der Waals surface area (Å²) in [5, 5.41) is 14.9. The van der Waals surface area contributed by atoms with E-state index in [0.29, 0.717) is 28.4 Å². The molecule has 1 atom stereocenters. The first-order valence-electron chi connectivity index (χ1n) is 8.20. The molecular formula is C17H17F3N4O2S. The average Bonchev–Trinajstić information content (AvgIpc) is 3.18. The predicted octanol–water partition coefficient (Wildman–Crippen LogP) is 3.21. The van der Waals surface area contributed by atoms with Crippen LogP contribution in [0.1, 0.15) is 38.2 Å². The Balaban J connectivity index is 1.97. The number of carbonyl (C=O) groups is 1. The summed E-state index contributed by atoms with van der Waals surface area (Å²) in [5.74, 6) is -0.322. The van der Waals surface area contributed by atoms with Gasteiger partial charge < -0.3 is 9.64 Å². The Kier molecular flexibility index (Phi) is 5.26. The fourth-order valence-electron chi connectivity index (χ4n) is 3.30. The van der Waals surface area contributed by atoms with Crippen LogP contribution in [0.25, 0.3) is 0 Å². The molecule has 0 bridgehead atoms. The van der Waals surface area contributed by atoms with Gasteiger partial charge in [0, 0.05) is 17.8 Å². The van der Waals surface area contributed by atoms with Crippen molar-refractivity contribution < 1.29 is 22.7 Å². The highest BCUT2D eigenvalue weighted by atomic mass is 32.1. The van der Waals surface area contributed by atoms with Gasteiger partial charge in [0.2, 0.25) is 0 Å². The van der Waals surface area contributed by atoms with Crippen LogP contribution in [0.3, 0.4) is 0 Å². The predicted molar refractivity (Wildman–Crippen MR) is 91.4 cm³/mol. The van der Waals surface area contributed by atoms with E-state index in [9.17, 15) is 23.2 Å². The number of halogens is 3. The van der Waals surface area contributed by atoms with Crippen molar-refractivity contribution >= 4 is 17.2 Å². The summed E-state index contributed by atoms with van der Waals surface area (Å²) in [5.41, 5.74) is 1.63. The summed E-state index contributed by atoms with van der Waals surface area (Å²) < 4.78 is 44.8. The molecule has 0 saturated carbocycles. The second-order valence-electron chi connectivity index (χ2n) is 6.22. The zero-order valence-corrected chi connectivity index (χ0v) is 15.5. The lowest BCUT2D eigenvalue weighted by atomic mass is 10.0. The van der Waals surface area contributed by atoms with Crippen molar-refractivity contribution in [2.75, 3.05) is 19.8 Å². The number of nitrogens with zero attached hydrogens (tertiary/aromatic N) is 4. The average molecular weight is 398 g/mol. The van der Waals surface area contributed by atoms with Crippen LogP contribution < -0.4 is 0 Å². The van der Waals surface area contributed by atoms with E-state index in [-0.39, 0.29) is 24.6 Å². The molecule has 27 heavy (non-hydrogen) atoms. The Hall–Kier alpha value is -2.38. The number of ether oxygens (including phenoxy) is 1. The van der Waals surface area contributed by atoms with Gasteiger partial charge in [-0.15, -0.1) is 11.3 Å². The minimum absolute atomic E-state index is 0.165. The molecule has 1 aliphatic heterocycles. The van der Waals surface area contributed by atoms with E-state index in [0.717, 1.165) is 4.68 Å². The number of hydrogen-bond donors (Lipinski definition) is 0. The number of hydrogen-bond acceptors (Lipinski definition) is 5. The quantitative estimate of drug-likeness (QED) is 0.796. The highest BCUT2D eigenvalue weighted by Gasteiger charge is 2.36. The fourth-order valence-corrected chi connectivity index (χ4v) is 4.09. The monoisotopic (exact) mass is 398 g/mol. The van der Waals surface area contributed by atoms with Crippen LogP contribution in [0, 0.1) is 25.2 Å². The topological polar surface area (TPSA) is 71.2 Å². The number of rotatable bonds is 3. The fraction of sp³-hybridized carbons (Fsp3) is 0.471. The largest absolute Gasteiger partial charge is 0.408 e. The maximum Gasteiger partial charge on any atom is 0.408 e. The molecule has 10 heteroatoms. The van der Waals surface area contributed by atoms with Crippen molar-refractivity contribution in [1.29, 1.82) is 5.26 Å². The van der Waals surface area contributed by atoms with Crippen LogP contribution in [0.2, 0.25) is 0 Å². The van der Waals surface area contributed by atoms with Crippen molar-refractivity contribution in [3.63, 3.8) is 0 Å². The highest BCUT2D eigenvalue weighted by molar-refractivity contribution is 7.12. The number of morpholine rings is 1. The lowest BCUT2D eigenvalue weighted by Crippen LogP contribution is -2.43. The summed E-state index contributed by atoms with van der Waals surface area (Å²) >= 11 is 1.17. The third-order valence-corrected chi connectivity index (χ3v) is 5.37. The van der Waals surface area contributed by atoms with Crippen molar-refractivity contribution in [2.45, 2.75) is 32.6 Å². The summed E-state index contributed by atoms with van der Waals surface area (Å²) in [6.07, 6.45) is -4.39. The third kappa shape index (κ3) is 3.84. The van der Waals surface area contributed by atoms with Crippen LogP contribution in [0.15, 0.2) is 11.4 Å². The molecule has 3 rings (SSSR count). The van der Waals surface area contributed by atoms with Gasteiger partial charge in [-0.25, -0.2) is 0 Å². The smallest absolute Gasteiger partial charge is 0.377 e. The number of aromatic nitrogens is 2. The van der Waals surface area contributed by atoms with Crippen molar-refractivity contribution in [1.82, 2.24) is 14.7 Å². The van der Waals surface area contributed by atoms with E-state index >= 15 is 0 Å². The Morgan fingerprint density at radius 2 is 2.22 bits per heavy atom. The van der Waals surface area contributed by atoms with Gasteiger partial charge in [0.1, 0.15) is 17.5 Å². The zero-order chi connectivity index (χ0) is 19.8. The van der Waals surface area contributed by atoms with Gasteiger partial charge in [-0.3, -0.25) is 9.48 Å². The summed E-state index contributed by atoms with van der Waals surface area (Å²) in [4.78, 5) is 14.9. The molecule has 2 aromatic rings. The molecule has 3 heterocycles. The summed E-state index contributed by atoms with van der Waals surface area (Å²) in [6, 6.07) is 3.01. The third-order valence-electron chi connectivity index (χ3n) is 4.47. The summed E-state index contributed by atoms with van der Waals surface area (Å²) in [6.45, 7) is 2.77. The van der Waals surface area contributed by atoms with Crippen LogP contribution >= 0.6 is 11.3 Å². The van der Waals surface area contributed by atoms with E-state index in [1.165, 1.54) is 11.3 Å². The number of nitriles is 1. The molecule has 144 valence electrons. The molecule has 1 aliphatic rings. The van der Waals surface area contributed by atoms with Crippen LogP contribution in [-0.4, -0.2) is 46.5 Å². The van der Waals surface area contributed by atoms with Gasteiger partial charge in [-0.05, 0) is 25.3 Å². The lowest BCUT2D eigenvalue weighted by Gasteiger charge is -2.36. The molecule has 2 aromatic heterocycles. The molecule has 0 aromatic carbocycles. The number of thiophene rings is 1. The first kappa shape index (κ1) is 19.4. The maximum atomic E-state index is 13.0. The molecule has 0 N–H and O–H groups in total. The Morgan fingerprint density at radius 3 is 2.89 bits per heavy atom. The molecule has 0 unspecified atom stereocenters. The molecule has 0 aliphatic carbocycles. The minimum atomic E-state index is -4.39. The van der Waals surface area contributed by atoms with Crippen molar-refractivity contribution in [3.05, 3.63) is 38.8 Å². The number of aryl methyl sites for hydroxylation is 1. The highest BCUT2D eigenvalue weighted by Crippen LogP contribution is 2.33. The zero-order valence-electron chi connectivity index (χ0n) is 14.7. The van der Waals surface area contributed by atoms with Gasteiger partial charge >= 0.3 is 6.18 Å². The first-order valence-corrected chi connectivity index (χ1v) is 9.08. The Labute approximate surface area is 157 Å². The van der Waals surface area contributed by atoms with E-state index in [4.69, 9.17) is 4.74 Å². The maximum absolute atomic E-state index is 13.0. The Bertz CT molecular complexity index is 897. The van der Waals surface area contributed by atoms with Crippen LogP contribution in [-0.2, 0) is 11.3 Å². The van der Waals surface area contributed by atoms with Crippen LogP contribution in [0.5, 0.6) is 0 Å². The lowest BCUT2D eigenvalue weighted by molar-refractivity contribution is -0.143. The van der Waals surface area contributed by atoms with Gasteiger partial charge in [0.15, 0.2) is 0 Å².